The quantitative estimate of drug-likeness (QED) is 0.835. The van der Waals surface area contributed by atoms with Crippen molar-refractivity contribution in [3.63, 3.8) is 0 Å². The molecule has 1 atom stereocenters. The van der Waals surface area contributed by atoms with Crippen LogP contribution in [-0.2, 0) is 11.2 Å². The summed E-state index contributed by atoms with van der Waals surface area (Å²) in [6, 6.07) is 8.18. The third-order valence-corrected chi connectivity index (χ3v) is 3.93. The molecule has 1 aromatic rings. The van der Waals surface area contributed by atoms with Crippen molar-refractivity contribution in [2.45, 2.75) is 39.0 Å². The molecule has 0 radical (unpaired) electrons. The van der Waals surface area contributed by atoms with Crippen molar-refractivity contribution in [2.24, 2.45) is 5.41 Å². The van der Waals surface area contributed by atoms with Gasteiger partial charge >= 0.3 is 0 Å². The van der Waals surface area contributed by atoms with Gasteiger partial charge < -0.3 is 4.74 Å². The van der Waals surface area contributed by atoms with Gasteiger partial charge in [0, 0.05) is 12.8 Å². The number of benzene rings is 1. The van der Waals surface area contributed by atoms with E-state index in [1.807, 2.05) is 25.1 Å². The standard InChI is InChI=1S/C16H19NO2/c1-12-6-7-14(19-2)13(9-12)10-16(11-17)8-4-3-5-15(16)18/h6-7,9H,3-5,8,10H2,1-2H3. The fraction of sp³-hybridized carbons (Fsp3) is 0.500. The average Bonchev–Trinajstić information content (AvgIpc) is 2.42. The van der Waals surface area contributed by atoms with Crippen molar-refractivity contribution < 1.29 is 9.53 Å². The number of aryl methyl sites for hydroxylation is 1. The topological polar surface area (TPSA) is 50.1 Å². The summed E-state index contributed by atoms with van der Waals surface area (Å²) in [6.45, 7) is 2.00. The van der Waals surface area contributed by atoms with Gasteiger partial charge in [-0.3, -0.25) is 4.79 Å². The molecule has 3 heteroatoms. The summed E-state index contributed by atoms with van der Waals surface area (Å²) in [7, 11) is 1.62. The van der Waals surface area contributed by atoms with E-state index in [-0.39, 0.29) is 5.78 Å². The van der Waals surface area contributed by atoms with Crippen molar-refractivity contribution >= 4 is 5.78 Å². The Balaban J connectivity index is 2.35. The number of hydrogen-bond acceptors (Lipinski definition) is 3. The molecule has 19 heavy (non-hydrogen) atoms. The minimum absolute atomic E-state index is 0.0878. The summed E-state index contributed by atoms with van der Waals surface area (Å²) in [5, 5.41) is 9.49. The van der Waals surface area contributed by atoms with Crippen LogP contribution < -0.4 is 4.74 Å². The minimum Gasteiger partial charge on any atom is -0.496 e. The van der Waals surface area contributed by atoms with Crippen molar-refractivity contribution in [2.75, 3.05) is 7.11 Å². The third kappa shape index (κ3) is 2.63. The molecule has 2 rings (SSSR count). The van der Waals surface area contributed by atoms with E-state index < -0.39 is 5.41 Å². The van der Waals surface area contributed by atoms with Gasteiger partial charge in [-0.15, -0.1) is 0 Å². The number of nitrogens with zero attached hydrogens (tertiary/aromatic N) is 1. The molecule has 1 unspecified atom stereocenters. The molecule has 0 heterocycles. The molecule has 3 nitrogen and oxygen atoms in total. The van der Waals surface area contributed by atoms with Gasteiger partial charge in [-0.2, -0.15) is 5.26 Å². The van der Waals surface area contributed by atoms with Crippen LogP contribution in [-0.4, -0.2) is 12.9 Å². The number of carbonyl (C=O) groups excluding carboxylic acids is 1. The van der Waals surface area contributed by atoms with Crippen LogP contribution in [0.15, 0.2) is 18.2 Å². The number of carbonyl (C=O) groups is 1. The number of ether oxygens (including phenoxy) is 1. The molecule has 0 aromatic heterocycles. The van der Waals surface area contributed by atoms with Gasteiger partial charge in [-0.1, -0.05) is 24.1 Å². The lowest BCUT2D eigenvalue weighted by Gasteiger charge is -2.29. The molecule has 1 aromatic carbocycles. The minimum atomic E-state index is -0.848. The van der Waals surface area contributed by atoms with Crippen LogP contribution in [0.1, 0.15) is 36.8 Å². The summed E-state index contributed by atoms with van der Waals surface area (Å²) >= 11 is 0. The van der Waals surface area contributed by atoms with Gasteiger partial charge in [-0.25, -0.2) is 0 Å². The van der Waals surface area contributed by atoms with Gasteiger partial charge in [0.25, 0.3) is 0 Å². The molecular weight excluding hydrogens is 238 g/mol. The van der Waals surface area contributed by atoms with Crippen LogP contribution in [0, 0.1) is 23.7 Å². The molecule has 0 aliphatic heterocycles. The summed E-state index contributed by atoms with van der Waals surface area (Å²) in [4.78, 5) is 12.2. The fourth-order valence-electron chi connectivity index (χ4n) is 2.81. The maximum atomic E-state index is 12.2. The van der Waals surface area contributed by atoms with E-state index in [9.17, 15) is 10.1 Å². The van der Waals surface area contributed by atoms with E-state index in [0.717, 1.165) is 29.7 Å². The number of Topliss-reactive ketones (excluding diaryl/α,β-unsaturated/α-hetero) is 1. The Labute approximate surface area is 114 Å². The van der Waals surface area contributed by atoms with Crippen molar-refractivity contribution in [1.82, 2.24) is 0 Å². The molecule has 1 saturated carbocycles. The smallest absolute Gasteiger partial charge is 0.153 e. The number of ketones is 1. The number of nitriles is 1. The first-order valence-electron chi connectivity index (χ1n) is 6.69. The SMILES string of the molecule is COc1ccc(C)cc1CC1(C#N)CCCCC1=O. The predicted octanol–water partition coefficient (Wildman–Crippen LogP) is 3.20. The highest BCUT2D eigenvalue weighted by Gasteiger charge is 2.40. The van der Waals surface area contributed by atoms with Gasteiger partial charge in [0.1, 0.15) is 11.2 Å². The summed E-state index contributed by atoms with van der Waals surface area (Å²) in [5.41, 5.74) is 1.23. The van der Waals surface area contributed by atoms with Gasteiger partial charge in [0.15, 0.2) is 5.78 Å². The fourth-order valence-corrected chi connectivity index (χ4v) is 2.81. The van der Waals surface area contributed by atoms with Crippen LogP contribution in [0.2, 0.25) is 0 Å². The van der Waals surface area contributed by atoms with Crippen LogP contribution in [0.25, 0.3) is 0 Å². The zero-order chi connectivity index (χ0) is 13.9. The summed E-state index contributed by atoms with van der Waals surface area (Å²) in [5.74, 6) is 0.850. The highest BCUT2D eigenvalue weighted by atomic mass is 16.5. The first-order valence-corrected chi connectivity index (χ1v) is 6.69. The second-order valence-electron chi connectivity index (χ2n) is 5.32. The molecule has 0 saturated heterocycles. The van der Waals surface area contributed by atoms with Crippen LogP contribution in [0.3, 0.4) is 0 Å². The van der Waals surface area contributed by atoms with E-state index in [2.05, 4.69) is 6.07 Å². The Morgan fingerprint density at radius 2 is 2.21 bits per heavy atom. The molecular formula is C16H19NO2. The largest absolute Gasteiger partial charge is 0.496 e. The molecule has 1 aliphatic rings. The molecule has 0 bridgehead atoms. The molecule has 0 spiro atoms. The second kappa shape index (κ2) is 5.44. The lowest BCUT2D eigenvalue weighted by molar-refractivity contribution is -0.128. The first kappa shape index (κ1) is 13.6. The van der Waals surface area contributed by atoms with Crippen LogP contribution >= 0.6 is 0 Å². The van der Waals surface area contributed by atoms with Gasteiger partial charge in [-0.05, 0) is 31.4 Å². The zero-order valence-electron chi connectivity index (χ0n) is 11.5. The summed E-state index contributed by atoms with van der Waals surface area (Å²) < 4.78 is 5.35. The van der Waals surface area contributed by atoms with Crippen LogP contribution in [0.5, 0.6) is 5.75 Å². The third-order valence-electron chi connectivity index (χ3n) is 3.93. The lowest BCUT2D eigenvalue weighted by atomic mass is 9.70. The molecule has 0 amide bonds. The Morgan fingerprint density at radius 1 is 1.42 bits per heavy atom. The zero-order valence-corrected chi connectivity index (χ0v) is 11.5. The maximum absolute atomic E-state index is 12.2. The monoisotopic (exact) mass is 257 g/mol. The molecule has 100 valence electrons. The van der Waals surface area contributed by atoms with E-state index >= 15 is 0 Å². The van der Waals surface area contributed by atoms with Crippen LogP contribution in [0.4, 0.5) is 0 Å². The van der Waals surface area contributed by atoms with E-state index in [0.29, 0.717) is 19.3 Å². The predicted molar refractivity (Wildman–Crippen MR) is 73.0 cm³/mol. The van der Waals surface area contributed by atoms with Crippen molar-refractivity contribution in [3.8, 4) is 11.8 Å². The highest BCUT2D eigenvalue weighted by molar-refractivity contribution is 5.88. The average molecular weight is 257 g/mol. The van der Waals surface area contributed by atoms with E-state index in [1.165, 1.54) is 0 Å². The highest BCUT2D eigenvalue weighted by Crippen LogP contribution is 2.38. The normalized spacial score (nSPS) is 22.9. The second-order valence-corrected chi connectivity index (χ2v) is 5.32. The first-order chi connectivity index (χ1) is 9.11. The molecule has 1 aliphatic carbocycles. The lowest BCUT2D eigenvalue weighted by Crippen LogP contribution is -2.35. The maximum Gasteiger partial charge on any atom is 0.153 e. The Kier molecular flexibility index (Phi) is 3.90. The number of rotatable bonds is 3. The molecule has 0 N–H and O–H groups in total. The number of hydrogen-bond donors (Lipinski definition) is 0. The van der Waals surface area contributed by atoms with Gasteiger partial charge in [0.2, 0.25) is 0 Å². The van der Waals surface area contributed by atoms with Crippen molar-refractivity contribution in [3.05, 3.63) is 29.3 Å². The Bertz CT molecular complexity index is 530. The Morgan fingerprint density at radius 3 is 2.84 bits per heavy atom. The summed E-state index contributed by atoms with van der Waals surface area (Å²) in [6.07, 6.45) is 3.52. The van der Waals surface area contributed by atoms with Crippen molar-refractivity contribution in [1.29, 1.82) is 5.26 Å². The van der Waals surface area contributed by atoms with E-state index in [4.69, 9.17) is 4.74 Å². The van der Waals surface area contributed by atoms with Gasteiger partial charge in [0.05, 0.1) is 13.2 Å². The Hall–Kier alpha value is -1.82. The number of methoxy groups -OCH3 is 1. The molecule has 1 fully saturated rings. The van der Waals surface area contributed by atoms with E-state index in [1.54, 1.807) is 7.11 Å².